The summed E-state index contributed by atoms with van der Waals surface area (Å²) in [7, 11) is 0. The van der Waals surface area contributed by atoms with Crippen molar-refractivity contribution in [1.82, 2.24) is 9.97 Å². The van der Waals surface area contributed by atoms with Crippen LogP contribution < -0.4 is 5.32 Å². The van der Waals surface area contributed by atoms with E-state index in [1.807, 2.05) is 39.0 Å². The molecule has 4 nitrogen and oxygen atoms in total. The van der Waals surface area contributed by atoms with Gasteiger partial charge in [0.2, 0.25) is 5.91 Å². The molecule has 1 aromatic carbocycles. The highest BCUT2D eigenvalue weighted by atomic mass is 32.2. The van der Waals surface area contributed by atoms with Gasteiger partial charge in [0.15, 0.2) is 5.16 Å². The molecule has 134 valence electrons. The largest absolute Gasteiger partial charge is 0.433 e. The van der Waals surface area contributed by atoms with Crippen molar-refractivity contribution in [2.45, 2.75) is 37.5 Å². The Hall–Kier alpha value is -2.09. The van der Waals surface area contributed by atoms with Gasteiger partial charge in [-0.2, -0.15) is 13.2 Å². The number of halogens is 3. The second kappa shape index (κ2) is 7.43. The third kappa shape index (κ3) is 5.45. The van der Waals surface area contributed by atoms with Crippen LogP contribution in [-0.2, 0) is 16.4 Å². The van der Waals surface area contributed by atoms with E-state index in [0.29, 0.717) is 5.69 Å². The number of alkyl halides is 3. The molecule has 0 atom stereocenters. The van der Waals surface area contributed by atoms with Crippen molar-refractivity contribution >= 4 is 23.4 Å². The molecule has 1 aromatic heterocycles. The lowest BCUT2D eigenvalue weighted by atomic mass is 9.86. The number of thioether (sulfide) groups is 1. The average molecular weight is 369 g/mol. The molecule has 0 saturated carbocycles. The predicted octanol–water partition coefficient (Wildman–Crippen LogP) is 4.52. The van der Waals surface area contributed by atoms with Crippen molar-refractivity contribution < 1.29 is 18.0 Å². The van der Waals surface area contributed by atoms with Crippen LogP contribution in [0, 0.1) is 0 Å². The monoisotopic (exact) mass is 369 g/mol. The molecule has 1 amide bonds. The highest BCUT2D eigenvalue weighted by Crippen LogP contribution is 2.30. The summed E-state index contributed by atoms with van der Waals surface area (Å²) < 4.78 is 37.9. The molecule has 2 rings (SSSR count). The van der Waals surface area contributed by atoms with Gasteiger partial charge >= 0.3 is 6.18 Å². The summed E-state index contributed by atoms with van der Waals surface area (Å²) in [6.07, 6.45) is -3.50. The van der Waals surface area contributed by atoms with Gasteiger partial charge in [-0.1, -0.05) is 50.7 Å². The molecular formula is C17H18F3N3OS. The molecule has 2 aromatic rings. The first-order valence-corrected chi connectivity index (χ1v) is 8.48. The van der Waals surface area contributed by atoms with Crippen molar-refractivity contribution in [2.24, 2.45) is 0 Å². The molecule has 8 heteroatoms. The minimum atomic E-state index is -4.54. The zero-order valence-corrected chi connectivity index (χ0v) is 14.8. The summed E-state index contributed by atoms with van der Waals surface area (Å²) in [6, 6.07) is 8.22. The van der Waals surface area contributed by atoms with Crippen LogP contribution in [0.1, 0.15) is 32.0 Å². The molecule has 1 N–H and O–H groups in total. The second-order valence-corrected chi connectivity index (χ2v) is 7.30. The predicted molar refractivity (Wildman–Crippen MR) is 91.5 cm³/mol. The smallest absolute Gasteiger partial charge is 0.325 e. The summed E-state index contributed by atoms with van der Waals surface area (Å²) in [4.78, 5) is 19.3. The second-order valence-electron chi connectivity index (χ2n) is 6.35. The van der Waals surface area contributed by atoms with E-state index in [1.165, 1.54) is 0 Å². The number of nitrogens with one attached hydrogen (secondary N) is 1. The van der Waals surface area contributed by atoms with E-state index in [1.54, 1.807) is 6.07 Å². The van der Waals surface area contributed by atoms with E-state index in [0.717, 1.165) is 29.6 Å². The first-order chi connectivity index (χ1) is 11.6. The third-order valence-corrected chi connectivity index (χ3v) is 4.13. The number of benzene rings is 1. The van der Waals surface area contributed by atoms with Crippen molar-refractivity contribution in [3.63, 3.8) is 0 Å². The maximum absolute atomic E-state index is 12.6. The Bertz CT molecular complexity index is 757. The van der Waals surface area contributed by atoms with Gasteiger partial charge in [0.25, 0.3) is 0 Å². The van der Waals surface area contributed by atoms with Gasteiger partial charge in [-0.05, 0) is 23.1 Å². The highest BCUT2D eigenvalue weighted by molar-refractivity contribution is 7.99. The van der Waals surface area contributed by atoms with Crippen molar-refractivity contribution in [1.29, 1.82) is 0 Å². The highest BCUT2D eigenvalue weighted by Gasteiger charge is 2.32. The lowest BCUT2D eigenvalue weighted by molar-refractivity contribution is -0.141. The van der Waals surface area contributed by atoms with Crippen molar-refractivity contribution in [2.75, 3.05) is 11.1 Å². The summed E-state index contributed by atoms with van der Waals surface area (Å²) in [6.45, 7) is 6.09. The van der Waals surface area contributed by atoms with Crippen LogP contribution in [0.4, 0.5) is 18.9 Å². The number of aromatic nitrogens is 2. The fraction of sp³-hybridized carbons (Fsp3) is 0.353. The minimum Gasteiger partial charge on any atom is -0.325 e. The van der Waals surface area contributed by atoms with Crippen LogP contribution >= 0.6 is 11.8 Å². The summed E-state index contributed by atoms with van der Waals surface area (Å²) in [5, 5.41) is 2.71. The molecule has 0 aliphatic heterocycles. The van der Waals surface area contributed by atoms with Crippen LogP contribution in [0.3, 0.4) is 0 Å². The molecule has 0 bridgehead atoms. The molecule has 0 aliphatic rings. The molecule has 0 unspecified atom stereocenters. The molecule has 1 heterocycles. The first-order valence-electron chi connectivity index (χ1n) is 7.50. The number of rotatable bonds is 4. The van der Waals surface area contributed by atoms with Gasteiger partial charge in [0, 0.05) is 11.9 Å². The Morgan fingerprint density at radius 1 is 1.16 bits per heavy atom. The molecule has 0 radical (unpaired) electrons. The molecular weight excluding hydrogens is 351 g/mol. The Morgan fingerprint density at radius 3 is 2.48 bits per heavy atom. The number of hydrogen-bond donors (Lipinski definition) is 1. The van der Waals surface area contributed by atoms with Crippen LogP contribution in [-0.4, -0.2) is 21.6 Å². The topological polar surface area (TPSA) is 54.9 Å². The fourth-order valence-electron chi connectivity index (χ4n) is 2.13. The lowest BCUT2D eigenvalue weighted by Crippen LogP contribution is -2.20. The minimum absolute atomic E-state index is 0.0835. The Kier molecular flexibility index (Phi) is 5.72. The number of anilines is 1. The summed E-state index contributed by atoms with van der Waals surface area (Å²) >= 11 is 0.857. The zero-order valence-electron chi connectivity index (χ0n) is 14.0. The van der Waals surface area contributed by atoms with Crippen LogP contribution in [0.2, 0.25) is 0 Å². The molecule has 0 spiro atoms. The molecule has 25 heavy (non-hydrogen) atoms. The number of amides is 1. The van der Waals surface area contributed by atoms with E-state index in [2.05, 4.69) is 15.3 Å². The molecule has 0 saturated heterocycles. The van der Waals surface area contributed by atoms with E-state index < -0.39 is 11.9 Å². The summed E-state index contributed by atoms with van der Waals surface area (Å²) in [5.41, 5.74) is 0.485. The van der Waals surface area contributed by atoms with Gasteiger partial charge in [0.1, 0.15) is 5.69 Å². The third-order valence-electron chi connectivity index (χ3n) is 3.27. The number of carbonyl (C=O) groups is 1. The quantitative estimate of drug-likeness (QED) is 0.636. The number of carbonyl (C=O) groups excluding carboxylic acids is 1. The normalized spacial score (nSPS) is 12.1. The zero-order chi connectivity index (χ0) is 18.7. The van der Waals surface area contributed by atoms with Gasteiger partial charge in [0.05, 0.1) is 5.75 Å². The van der Waals surface area contributed by atoms with Gasteiger partial charge < -0.3 is 5.32 Å². The maximum Gasteiger partial charge on any atom is 0.433 e. The fourth-order valence-corrected chi connectivity index (χ4v) is 2.76. The lowest BCUT2D eigenvalue weighted by Gasteiger charge is -2.22. The van der Waals surface area contributed by atoms with Gasteiger partial charge in [-0.25, -0.2) is 9.97 Å². The van der Waals surface area contributed by atoms with Crippen molar-refractivity contribution in [3.8, 4) is 0 Å². The van der Waals surface area contributed by atoms with E-state index >= 15 is 0 Å². The van der Waals surface area contributed by atoms with E-state index in [4.69, 9.17) is 0 Å². The maximum atomic E-state index is 12.6. The number of hydrogen-bond acceptors (Lipinski definition) is 4. The first kappa shape index (κ1) is 19.2. The van der Waals surface area contributed by atoms with E-state index in [9.17, 15) is 18.0 Å². The standard InChI is InChI=1S/C17H18F3N3OS/c1-16(2,3)11-6-4-5-7-12(11)22-14(24)10-25-15-21-9-8-13(23-15)17(18,19)20/h4-9H,10H2,1-3H3,(H,22,24). The van der Waals surface area contributed by atoms with E-state index in [-0.39, 0.29) is 22.2 Å². The Balaban J connectivity index is 2.03. The average Bonchev–Trinajstić information content (AvgIpc) is 2.52. The van der Waals surface area contributed by atoms with Gasteiger partial charge in [-0.15, -0.1) is 0 Å². The Labute approximate surface area is 148 Å². The SMILES string of the molecule is CC(C)(C)c1ccccc1NC(=O)CSc1nccc(C(F)(F)F)n1. The number of nitrogens with zero attached hydrogens (tertiary/aromatic N) is 2. The van der Waals surface area contributed by atoms with Crippen LogP contribution in [0.25, 0.3) is 0 Å². The molecule has 0 aliphatic carbocycles. The Morgan fingerprint density at radius 2 is 1.84 bits per heavy atom. The van der Waals surface area contributed by atoms with Gasteiger partial charge in [-0.3, -0.25) is 4.79 Å². The van der Waals surface area contributed by atoms with Crippen LogP contribution in [0.15, 0.2) is 41.7 Å². The molecule has 0 fully saturated rings. The summed E-state index contributed by atoms with van der Waals surface area (Å²) in [5.74, 6) is -0.414. The van der Waals surface area contributed by atoms with Crippen molar-refractivity contribution in [3.05, 3.63) is 47.8 Å². The van der Waals surface area contributed by atoms with Crippen LogP contribution in [0.5, 0.6) is 0 Å². The number of para-hydroxylation sites is 1.